The van der Waals surface area contributed by atoms with Crippen LogP contribution in [0.25, 0.3) is 5.57 Å². The number of carbonyl (C=O) groups excluding carboxylic acids is 1. The zero-order valence-electron chi connectivity index (χ0n) is 16.5. The number of urea groups is 1. The summed E-state index contributed by atoms with van der Waals surface area (Å²) in [7, 11) is 1.56. The average molecular weight is 428 g/mol. The number of aromatic hydroxyl groups is 1. The summed E-state index contributed by atoms with van der Waals surface area (Å²) < 4.78 is 28.1. The van der Waals surface area contributed by atoms with Crippen LogP contribution in [0.5, 0.6) is 5.75 Å². The molecule has 1 unspecified atom stereocenters. The van der Waals surface area contributed by atoms with E-state index in [2.05, 4.69) is 15.2 Å². The number of phenols is 1. The fraction of sp³-hybridized carbons (Fsp3) is 0.190. The molecule has 0 aliphatic carbocycles. The molecule has 1 aromatic heterocycles. The molecular formula is C21H20F2N5O3+. The molecule has 31 heavy (non-hydrogen) atoms. The molecule has 1 atom stereocenters. The van der Waals surface area contributed by atoms with Gasteiger partial charge in [0.25, 0.3) is 5.82 Å². The molecule has 0 saturated heterocycles. The van der Waals surface area contributed by atoms with Crippen molar-refractivity contribution in [3.8, 4) is 5.75 Å². The summed E-state index contributed by atoms with van der Waals surface area (Å²) in [5.74, 6) is -0.751. The van der Waals surface area contributed by atoms with Crippen molar-refractivity contribution in [2.45, 2.75) is 12.6 Å². The first-order valence-electron chi connectivity index (χ1n) is 9.47. The van der Waals surface area contributed by atoms with Crippen LogP contribution in [0.15, 0.2) is 53.3 Å². The van der Waals surface area contributed by atoms with Gasteiger partial charge in [-0.3, -0.25) is 0 Å². The number of carbonyl (C=O) groups is 1. The number of H-pyrrole nitrogens is 3. The second-order valence-corrected chi connectivity index (χ2v) is 7.31. The molecule has 1 aliphatic heterocycles. The number of hydrogen-bond acceptors (Lipinski definition) is 3. The number of rotatable bonds is 4. The molecule has 160 valence electrons. The number of nitrogens with zero attached hydrogens (tertiary/aromatic N) is 2. The SMILES string of the molecule is CN(Cc1[nH]c(=O)[nH][nH+]1)C(=O)N1CC(c2cc(F)ccc2F)=CC1c1cccc(O)c1. The molecule has 0 fully saturated rings. The molecule has 0 spiro atoms. The number of halogens is 2. The summed E-state index contributed by atoms with van der Waals surface area (Å²) >= 11 is 0. The minimum atomic E-state index is -0.603. The molecule has 8 nitrogen and oxygen atoms in total. The zero-order chi connectivity index (χ0) is 22.1. The molecule has 2 heterocycles. The van der Waals surface area contributed by atoms with Gasteiger partial charge in [0.1, 0.15) is 23.9 Å². The maximum Gasteiger partial charge on any atom is 0.441 e. The molecule has 0 radical (unpaired) electrons. The predicted molar refractivity (Wildman–Crippen MR) is 107 cm³/mol. The summed E-state index contributed by atoms with van der Waals surface area (Å²) in [6.07, 6.45) is 1.68. The van der Waals surface area contributed by atoms with Crippen LogP contribution < -0.4 is 10.8 Å². The predicted octanol–water partition coefficient (Wildman–Crippen LogP) is 2.19. The monoisotopic (exact) mass is 428 g/mol. The summed E-state index contributed by atoms with van der Waals surface area (Å²) in [6.45, 7) is 0.127. The number of aromatic nitrogens is 3. The lowest BCUT2D eigenvalue weighted by atomic mass is 10.0. The van der Waals surface area contributed by atoms with Crippen molar-refractivity contribution in [3.63, 3.8) is 0 Å². The smallest absolute Gasteiger partial charge is 0.441 e. The largest absolute Gasteiger partial charge is 0.508 e. The molecule has 1 aliphatic rings. The third kappa shape index (κ3) is 4.18. The van der Waals surface area contributed by atoms with Crippen LogP contribution in [0.3, 0.4) is 0 Å². The first kappa shape index (κ1) is 20.3. The average Bonchev–Trinajstić information content (AvgIpc) is 3.35. The Labute approximate surface area is 175 Å². The van der Waals surface area contributed by atoms with E-state index in [-0.39, 0.29) is 24.4 Å². The van der Waals surface area contributed by atoms with Gasteiger partial charge in [0.05, 0.1) is 6.04 Å². The molecule has 10 heteroatoms. The van der Waals surface area contributed by atoms with Gasteiger partial charge >= 0.3 is 11.7 Å². The molecule has 0 bridgehead atoms. The molecule has 2 aromatic carbocycles. The van der Waals surface area contributed by atoms with E-state index >= 15 is 0 Å². The van der Waals surface area contributed by atoms with E-state index in [1.807, 2.05) is 0 Å². The minimum Gasteiger partial charge on any atom is -0.508 e. The first-order valence-corrected chi connectivity index (χ1v) is 9.47. The highest BCUT2D eigenvalue weighted by Gasteiger charge is 2.34. The van der Waals surface area contributed by atoms with E-state index in [1.54, 1.807) is 25.3 Å². The molecule has 3 aromatic rings. The van der Waals surface area contributed by atoms with E-state index < -0.39 is 29.4 Å². The van der Waals surface area contributed by atoms with Gasteiger partial charge in [-0.1, -0.05) is 18.2 Å². The second kappa shape index (κ2) is 8.05. The van der Waals surface area contributed by atoms with E-state index in [0.29, 0.717) is 17.0 Å². The molecule has 4 rings (SSSR count). The van der Waals surface area contributed by atoms with Crippen LogP contribution in [0.4, 0.5) is 13.6 Å². The Kier molecular flexibility index (Phi) is 5.28. The topological polar surface area (TPSA) is 107 Å². The Bertz CT molecular complexity index is 1220. The Morgan fingerprint density at radius 3 is 2.81 bits per heavy atom. The molecule has 2 amide bonds. The summed E-state index contributed by atoms with van der Waals surface area (Å²) in [4.78, 5) is 29.9. The van der Waals surface area contributed by atoms with Gasteiger partial charge in [-0.25, -0.2) is 18.4 Å². The van der Waals surface area contributed by atoms with Crippen LogP contribution in [0.2, 0.25) is 0 Å². The first-order chi connectivity index (χ1) is 14.8. The fourth-order valence-electron chi connectivity index (χ4n) is 3.64. The van der Waals surface area contributed by atoms with Crippen molar-refractivity contribution >= 4 is 11.6 Å². The number of aromatic amines is 3. The summed E-state index contributed by atoms with van der Waals surface area (Å²) in [5.41, 5.74) is 0.718. The maximum atomic E-state index is 14.4. The Morgan fingerprint density at radius 1 is 1.29 bits per heavy atom. The van der Waals surface area contributed by atoms with Gasteiger partial charge in [0.2, 0.25) is 0 Å². The molecule has 4 N–H and O–H groups in total. The lowest BCUT2D eigenvalue weighted by Gasteiger charge is -2.29. The van der Waals surface area contributed by atoms with Gasteiger partial charge in [0, 0.05) is 19.2 Å². The summed E-state index contributed by atoms with van der Waals surface area (Å²) in [5, 5.41) is 14.9. The van der Waals surface area contributed by atoms with Gasteiger partial charge in [-0.15, -0.1) is 0 Å². The van der Waals surface area contributed by atoms with Crippen molar-refractivity contribution in [3.05, 3.63) is 87.6 Å². The van der Waals surface area contributed by atoms with Crippen LogP contribution in [0, 0.1) is 11.6 Å². The number of amides is 2. The van der Waals surface area contributed by atoms with E-state index in [0.717, 1.165) is 18.2 Å². The van der Waals surface area contributed by atoms with Crippen LogP contribution in [0.1, 0.15) is 23.0 Å². The van der Waals surface area contributed by atoms with Crippen LogP contribution in [-0.2, 0) is 6.54 Å². The number of phenolic OH excluding ortho intramolecular Hbond substituents is 1. The van der Waals surface area contributed by atoms with Gasteiger partial charge < -0.3 is 14.9 Å². The normalized spacial score (nSPS) is 15.8. The van der Waals surface area contributed by atoms with Crippen molar-refractivity contribution in [1.82, 2.24) is 19.9 Å². The van der Waals surface area contributed by atoms with Crippen molar-refractivity contribution in [2.75, 3.05) is 13.6 Å². The lowest BCUT2D eigenvalue weighted by molar-refractivity contribution is -0.464. The third-order valence-corrected chi connectivity index (χ3v) is 5.08. The van der Waals surface area contributed by atoms with Gasteiger partial charge in [-0.05, 0) is 41.5 Å². The van der Waals surface area contributed by atoms with E-state index in [4.69, 9.17) is 0 Å². The van der Waals surface area contributed by atoms with Crippen molar-refractivity contribution in [1.29, 1.82) is 0 Å². The highest BCUT2D eigenvalue weighted by Crippen LogP contribution is 2.37. The number of hydrogen-bond donors (Lipinski definition) is 3. The van der Waals surface area contributed by atoms with E-state index in [9.17, 15) is 23.5 Å². The van der Waals surface area contributed by atoms with Crippen LogP contribution >= 0.6 is 0 Å². The lowest BCUT2D eigenvalue weighted by Crippen LogP contribution is -2.41. The Balaban J connectivity index is 1.67. The maximum absolute atomic E-state index is 14.4. The minimum absolute atomic E-state index is 0.0246. The van der Waals surface area contributed by atoms with Gasteiger partial charge in [0.15, 0.2) is 0 Å². The Morgan fingerprint density at radius 2 is 2.10 bits per heavy atom. The summed E-state index contributed by atoms with van der Waals surface area (Å²) in [6, 6.07) is 8.58. The highest BCUT2D eigenvalue weighted by molar-refractivity contribution is 5.82. The molecule has 0 saturated carbocycles. The van der Waals surface area contributed by atoms with Crippen molar-refractivity contribution in [2.24, 2.45) is 0 Å². The van der Waals surface area contributed by atoms with Crippen molar-refractivity contribution < 1.29 is 23.8 Å². The highest BCUT2D eigenvalue weighted by atomic mass is 19.1. The van der Waals surface area contributed by atoms with E-state index in [1.165, 1.54) is 21.9 Å². The second-order valence-electron chi connectivity index (χ2n) is 7.31. The molecular weight excluding hydrogens is 408 g/mol. The number of benzene rings is 2. The van der Waals surface area contributed by atoms with Gasteiger partial charge in [-0.2, -0.15) is 15.2 Å². The zero-order valence-corrected chi connectivity index (χ0v) is 16.5. The van der Waals surface area contributed by atoms with Crippen LogP contribution in [-0.4, -0.2) is 44.6 Å². The number of nitrogens with one attached hydrogen (secondary N) is 3. The Hall–Kier alpha value is -3.95. The third-order valence-electron chi connectivity index (χ3n) is 5.08. The quantitative estimate of drug-likeness (QED) is 0.593. The fourth-order valence-corrected chi connectivity index (χ4v) is 3.64. The standard InChI is InChI=1S/C21H19F2N5O3/c1-27(11-19-24-20(30)26-25-19)21(31)28-10-13(16-9-14(22)5-6-17(16)23)8-18(28)12-3-2-4-15(29)7-12/h2-9,18,29H,10-11H2,1H3,(H2,24,25,26,30)/p+1.